The standard InChI is InChI=1S/C36H60N8O16S/c1-7-17(4)28(34(57)40-21(12-13-61-6)31(54)41-22(36(59)60)14-26(51)52)44-33(56)27(16(2)3)43-32(55)20(9-11-25(49)50)38-30(53)19(8-10-24(47)48)39-35(58)29(18(5)45)42-23(46)15-37/h16-22,27-29,45H,7-15,37H2,1-6H3,(H,38,53)(H,39,58)(H,40,57)(H,41,54)(H,42,46)(H,43,55)(H,44,56)(H,47,48)(H,49,50)(H,51,52)(H,59,60)/t17-,18+,19-,20-,21-,22-,27-,28-,29-/m0/s1. The predicted molar refractivity (Wildman–Crippen MR) is 215 cm³/mol. The summed E-state index contributed by atoms with van der Waals surface area (Å²) in [5.41, 5.74) is 5.27. The summed E-state index contributed by atoms with van der Waals surface area (Å²) >= 11 is 1.30. The van der Waals surface area contributed by atoms with E-state index in [2.05, 4.69) is 37.2 Å². The Labute approximate surface area is 356 Å². The van der Waals surface area contributed by atoms with Gasteiger partial charge in [-0.15, -0.1) is 0 Å². The van der Waals surface area contributed by atoms with E-state index < -0.39 is 164 Å². The number of carbonyl (C=O) groups excluding carboxylic acids is 7. The second-order valence-electron chi connectivity index (χ2n) is 14.4. The first-order valence-electron chi connectivity index (χ1n) is 19.3. The highest BCUT2D eigenvalue weighted by Gasteiger charge is 2.37. The van der Waals surface area contributed by atoms with Crippen LogP contribution in [0.3, 0.4) is 0 Å². The Kier molecular flexibility index (Phi) is 25.5. The van der Waals surface area contributed by atoms with Crippen molar-refractivity contribution in [3.63, 3.8) is 0 Å². The lowest BCUT2D eigenvalue weighted by molar-refractivity contribution is -0.147. The minimum atomic E-state index is -1.81. The molecule has 0 spiro atoms. The molecule has 0 radical (unpaired) electrons. The lowest BCUT2D eigenvalue weighted by Crippen LogP contribution is -2.62. The Morgan fingerprint density at radius 1 is 0.541 bits per heavy atom. The normalized spacial score (nSPS) is 15.4. The molecular weight excluding hydrogens is 833 g/mol. The van der Waals surface area contributed by atoms with Crippen molar-refractivity contribution in [2.75, 3.05) is 18.6 Å². The number of rotatable bonds is 30. The van der Waals surface area contributed by atoms with Gasteiger partial charge in [-0.05, 0) is 50.0 Å². The van der Waals surface area contributed by atoms with Crippen LogP contribution in [0.5, 0.6) is 0 Å². The van der Waals surface area contributed by atoms with Crippen LogP contribution in [0.25, 0.3) is 0 Å². The van der Waals surface area contributed by atoms with Crippen LogP contribution in [-0.2, 0) is 52.7 Å². The van der Waals surface area contributed by atoms with Crippen LogP contribution in [0, 0.1) is 11.8 Å². The maximum Gasteiger partial charge on any atom is 0.326 e. The molecule has 0 aromatic heterocycles. The minimum Gasteiger partial charge on any atom is -0.481 e. The van der Waals surface area contributed by atoms with Crippen molar-refractivity contribution in [1.29, 1.82) is 0 Å². The van der Waals surface area contributed by atoms with Crippen LogP contribution in [0.1, 0.15) is 79.6 Å². The fourth-order valence-electron chi connectivity index (χ4n) is 5.39. The third-order valence-corrected chi connectivity index (χ3v) is 9.75. The van der Waals surface area contributed by atoms with Gasteiger partial charge in [0.1, 0.15) is 42.3 Å². The molecule has 0 aliphatic heterocycles. The van der Waals surface area contributed by atoms with Crippen LogP contribution in [0.4, 0.5) is 0 Å². The van der Waals surface area contributed by atoms with Gasteiger partial charge in [-0.2, -0.15) is 11.8 Å². The van der Waals surface area contributed by atoms with Gasteiger partial charge in [0.15, 0.2) is 0 Å². The van der Waals surface area contributed by atoms with Gasteiger partial charge in [0.05, 0.1) is 19.1 Å². The van der Waals surface area contributed by atoms with E-state index in [9.17, 15) is 73.2 Å². The van der Waals surface area contributed by atoms with E-state index in [-0.39, 0.29) is 6.42 Å². The molecule has 0 rings (SSSR count). The van der Waals surface area contributed by atoms with E-state index in [1.807, 2.05) is 0 Å². The number of amides is 7. The lowest BCUT2D eigenvalue weighted by Gasteiger charge is -2.30. The number of aliphatic hydroxyl groups is 1. The van der Waals surface area contributed by atoms with Gasteiger partial charge >= 0.3 is 23.9 Å². The zero-order chi connectivity index (χ0) is 47.1. The monoisotopic (exact) mass is 892 g/mol. The quantitative estimate of drug-likeness (QED) is 0.0332. The van der Waals surface area contributed by atoms with E-state index in [0.29, 0.717) is 12.2 Å². The van der Waals surface area contributed by atoms with E-state index in [4.69, 9.17) is 10.8 Å². The number of nitrogens with two attached hydrogens (primary N) is 1. The Balaban J connectivity index is 6.51. The molecule has 0 heterocycles. The maximum atomic E-state index is 13.8. The van der Waals surface area contributed by atoms with Gasteiger partial charge in [-0.3, -0.25) is 47.9 Å². The van der Waals surface area contributed by atoms with Crippen LogP contribution in [-0.4, -0.2) is 158 Å². The fourth-order valence-corrected chi connectivity index (χ4v) is 5.86. The Morgan fingerprint density at radius 3 is 1.34 bits per heavy atom. The van der Waals surface area contributed by atoms with E-state index in [1.54, 1.807) is 20.1 Å². The van der Waals surface area contributed by atoms with Gasteiger partial charge in [0.2, 0.25) is 41.4 Å². The molecule has 0 saturated heterocycles. The first-order chi connectivity index (χ1) is 28.4. The molecule has 0 saturated carbocycles. The Morgan fingerprint density at radius 2 is 0.951 bits per heavy atom. The van der Waals surface area contributed by atoms with Crippen molar-refractivity contribution in [3.05, 3.63) is 0 Å². The number of carbonyl (C=O) groups is 11. The third-order valence-electron chi connectivity index (χ3n) is 9.10. The van der Waals surface area contributed by atoms with E-state index in [1.165, 1.54) is 25.6 Å². The molecular formula is C36H60N8O16S. The SMILES string of the molecule is CC[C@H](C)[C@H](NC(=O)[C@@H](NC(=O)[C@H](CCC(=O)O)NC(=O)[C@H](CCC(=O)O)NC(=O)[C@@H](NC(=O)CN)[C@@H](C)O)C(C)C)C(=O)N[C@@H](CCSC)C(=O)N[C@@H](CC(=O)O)C(=O)O. The van der Waals surface area contributed by atoms with Crippen molar-refractivity contribution < 1.29 is 78.3 Å². The van der Waals surface area contributed by atoms with E-state index >= 15 is 0 Å². The summed E-state index contributed by atoms with van der Waals surface area (Å²) in [4.78, 5) is 138. The summed E-state index contributed by atoms with van der Waals surface area (Å²) in [5, 5.41) is 63.4. The van der Waals surface area contributed by atoms with Gasteiger partial charge in [0.25, 0.3) is 0 Å². The molecule has 14 N–H and O–H groups in total. The summed E-state index contributed by atoms with van der Waals surface area (Å²) in [6.45, 7) is 6.92. The molecule has 25 heteroatoms. The van der Waals surface area contributed by atoms with Crippen LogP contribution in [0.15, 0.2) is 0 Å². The number of hydrogen-bond donors (Lipinski definition) is 13. The Bertz CT molecular complexity index is 1580. The summed E-state index contributed by atoms with van der Waals surface area (Å²) in [6, 6.07) is -11.0. The highest BCUT2D eigenvalue weighted by molar-refractivity contribution is 7.98. The van der Waals surface area contributed by atoms with Crippen molar-refractivity contribution in [2.24, 2.45) is 17.6 Å². The lowest BCUT2D eigenvalue weighted by atomic mass is 9.95. The highest BCUT2D eigenvalue weighted by Crippen LogP contribution is 2.13. The highest BCUT2D eigenvalue weighted by atomic mass is 32.2. The second-order valence-corrected chi connectivity index (χ2v) is 15.4. The van der Waals surface area contributed by atoms with Crippen molar-refractivity contribution in [2.45, 2.75) is 128 Å². The molecule has 7 amide bonds. The molecule has 0 fully saturated rings. The van der Waals surface area contributed by atoms with Crippen molar-refractivity contribution >= 4 is 77.0 Å². The molecule has 24 nitrogen and oxygen atoms in total. The second kappa shape index (κ2) is 28.1. The van der Waals surface area contributed by atoms with Gasteiger partial charge in [-0.25, -0.2) is 4.79 Å². The molecule has 346 valence electrons. The first kappa shape index (κ1) is 55.4. The topological polar surface area (TPSA) is 399 Å². The smallest absolute Gasteiger partial charge is 0.326 e. The molecule has 61 heavy (non-hydrogen) atoms. The summed E-state index contributed by atoms with van der Waals surface area (Å²) in [7, 11) is 0. The molecule has 0 aromatic carbocycles. The number of aliphatic carboxylic acids is 4. The third kappa shape index (κ3) is 21.0. The Hall–Kier alpha value is -5.56. The van der Waals surface area contributed by atoms with Gasteiger partial charge in [-0.1, -0.05) is 34.1 Å². The first-order valence-corrected chi connectivity index (χ1v) is 20.7. The molecule has 0 bridgehead atoms. The maximum absolute atomic E-state index is 13.8. The summed E-state index contributed by atoms with van der Waals surface area (Å²) in [5.74, 6) is -13.9. The number of carboxylic acids is 4. The number of hydrogen-bond acceptors (Lipinski definition) is 14. The average Bonchev–Trinajstić information content (AvgIpc) is 3.17. The molecule has 0 aromatic rings. The fraction of sp³-hybridized carbons (Fsp3) is 0.694. The number of aliphatic hydroxyl groups excluding tert-OH is 1. The van der Waals surface area contributed by atoms with E-state index in [0.717, 1.165) is 6.92 Å². The predicted octanol–water partition coefficient (Wildman–Crippen LogP) is -3.54. The van der Waals surface area contributed by atoms with Crippen molar-refractivity contribution in [3.8, 4) is 0 Å². The molecule has 0 aliphatic rings. The van der Waals surface area contributed by atoms with Gasteiger partial charge < -0.3 is 68.5 Å². The molecule has 0 aliphatic carbocycles. The number of thioether (sulfide) groups is 1. The minimum absolute atomic E-state index is 0.0136. The number of nitrogens with one attached hydrogen (secondary N) is 7. The van der Waals surface area contributed by atoms with Crippen LogP contribution >= 0.6 is 11.8 Å². The average molecular weight is 893 g/mol. The molecule has 0 unspecified atom stereocenters. The summed E-state index contributed by atoms with van der Waals surface area (Å²) < 4.78 is 0. The largest absolute Gasteiger partial charge is 0.481 e. The van der Waals surface area contributed by atoms with Gasteiger partial charge in [0, 0.05) is 12.8 Å². The zero-order valence-electron chi connectivity index (χ0n) is 34.8. The number of carboxylic acid groups (broad SMARTS) is 4. The van der Waals surface area contributed by atoms with Crippen LogP contribution < -0.4 is 43.0 Å². The zero-order valence-corrected chi connectivity index (χ0v) is 35.7. The summed E-state index contributed by atoms with van der Waals surface area (Å²) in [6.07, 6.45) is -2.95. The molecule has 9 atom stereocenters. The van der Waals surface area contributed by atoms with Crippen molar-refractivity contribution in [1.82, 2.24) is 37.2 Å². The van der Waals surface area contributed by atoms with Crippen LogP contribution in [0.2, 0.25) is 0 Å².